The van der Waals surface area contributed by atoms with Gasteiger partial charge in [-0.25, -0.2) is 4.39 Å². The summed E-state index contributed by atoms with van der Waals surface area (Å²) >= 11 is 0. The van der Waals surface area contributed by atoms with Crippen LogP contribution >= 0.6 is 0 Å². The largest absolute Gasteiger partial charge is 0.316 e. The Morgan fingerprint density at radius 2 is 2.38 bits per heavy atom. The molecule has 1 N–H and O–H groups in total. The van der Waals surface area contributed by atoms with Crippen LogP contribution in [0.4, 0.5) is 4.39 Å². The van der Waals surface area contributed by atoms with Crippen LogP contribution in [-0.4, -0.2) is 22.9 Å². The maximum Gasteiger partial charge on any atom is 0.149 e. The average Bonchev–Trinajstić information content (AvgIpc) is 2.86. The van der Waals surface area contributed by atoms with Gasteiger partial charge in [0, 0.05) is 24.9 Å². The average molecular weight is 219 g/mol. The summed E-state index contributed by atoms with van der Waals surface area (Å²) in [6, 6.07) is 5.20. The Hall–Kier alpha value is -1.42. The molecule has 0 amide bonds. The molecule has 1 atom stereocenters. The Morgan fingerprint density at radius 1 is 1.50 bits per heavy atom. The van der Waals surface area contributed by atoms with Gasteiger partial charge in [0.05, 0.1) is 5.69 Å². The lowest BCUT2D eigenvalue weighted by molar-refractivity contribution is 0.623. The third kappa shape index (κ3) is 1.33. The van der Waals surface area contributed by atoms with E-state index < -0.39 is 0 Å². The van der Waals surface area contributed by atoms with E-state index in [0.717, 1.165) is 30.6 Å². The number of aryl methyl sites for hydroxylation is 1. The maximum atomic E-state index is 13.7. The van der Waals surface area contributed by atoms with E-state index in [2.05, 4.69) is 10.4 Å². The van der Waals surface area contributed by atoms with E-state index in [1.54, 1.807) is 17.8 Å². The second kappa shape index (κ2) is 3.56. The maximum absolute atomic E-state index is 13.7. The number of para-hydroxylation sites is 1. The molecule has 1 unspecified atom stereocenters. The van der Waals surface area contributed by atoms with Crippen molar-refractivity contribution < 1.29 is 4.39 Å². The van der Waals surface area contributed by atoms with Gasteiger partial charge in [-0.3, -0.25) is 4.68 Å². The highest BCUT2D eigenvalue weighted by molar-refractivity contribution is 5.83. The molecule has 0 bridgehead atoms. The fraction of sp³-hybridized carbons (Fsp3) is 0.417. The van der Waals surface area contributed by atoms with Crippen molar-refractivity contribution in [1.82, 2.24) is 15.1 Å². The number of nitrogens with one attached hydrogen (secondary N) is 1. The molecule has 1 aliphatic heterocycles. The number of halogens is 1. The third-order valence-electron chi connectivity index (χ3n) is 3.29. The highest BCUT2D eigenvalue weighted by atomic mass is 19.1. The van der Waals surface area contributed by atoms with Crippen LogP contribution in [0.3, 0.4) is 0 Å². The molecule has 3 nitrogen and oxygen atoms in total. The van der Waals surface area contributed by atoms with Gasteiger partial charge in [0.2, 0.25) is 0 Å². The molecule has 84 valence electrons. The van der Waals surface area contributed by atoms with Gasteiger partial charge in [0.15, 0.2) is 0 Å². The van der Waals surface area contributed by atoms with Gasteiger partial charge in [0.25, 0.3) is 0 Å². The summed E-state index contributed by atoms with van der Waals surface area (Å²) in [4.78, 5) is 0. The lowest BCUT2D eigenvalue weighted by Gasteiger charge is -2.03. The van der Waals surface area contributed by atoms with Crippen LogP contribution in [0, 0.1) is 5.82 Å². The first-order chi connectivity index (χ1) is 7.77. The number of benzene rings is 1. The van der Waals surface area contributed by atoms with Crippen molar-refractivity contribution in [2.75, 3.05) is 13.1 Å². The van der Waals surface area contributed by atoms with Crippen LogP contribution in [0.2, 0.25) is 0 Å². The Balaban J connectivity index is 2.22. The van der Waals surface area contributed by atoms with E-state index in [9.17, 15) is 4.39 Å². The number of hydrogen-bond donors (Lipinski definition) is 1. The van der Waals surface area contributed by atoms with Gasteiger partial charge in [-0.15, -0.1) is 0 Å². The monoisotopic (exact) mass is 219 g/mol. The van der Waals surface area contributed by atoms with E-state index in [1.807, 2.05) is 6.07 Å². The fourth-order valence-corrected chi connectivity index (χ4v) is 2.51. The molecule has 0 radical (unpaired) electrons. The summed E-state index contributed by atoms with van der Waals surface area (Å²) in [5, 5.41) is 8.74. The zero-order chi connectivity index (χ0) is 11.1. The van der Waals surface area contributed by atoms with Crippen LogP contribution in [0.5, 0.6) is 0 Å². The molecule has 2 aromatic rings. The lowest BCUT2D eigenvalue weighted by atomic mass is 10.0. The highest BCUT2D eigenvalue weighted by Gasteiger charge is 2.23. The predicted molar refractivity (Wildman–Crippen MR) is 60.9 cm³/mol. The van der Waals surface area contributed by atoms with Crippen molar-refractivity contribution in [2.24, 2.45) is 7.05 Å². The zero-order valence-corrected chi connectivity index (χ0v) is 9.20. The Morgan fingerprint density at radius 3 is 3.12 bits per heavy atom. The topological polar surface area (TPSA) is 29.9 Å². The van der Waals surface area contributed by atoms with Crippen LogP contribution in [0.15, 0.2) is 18.2 Å². The normalized spacial score (nSPS) is 20.8. The number of nitrogens with zero attached hydrogens (tertiary/aromatic N) is 2. The van der Waals surface area contributed by atoms with Gasteiger partial charge < -0.3 is 5.32 Å². The lowest BCUT2D eigenvalue weighted by Crippen LogP contribution is -2.08. The van der Waals surface area contributed by atoms with Crippen LogP contribution in [0.1, 0.15) is 18.0 Å². The summed E-state index contributed by atoms with van der Waals surface area (Å²) in [6.45, 7) is 1.97. The molecular formula is C12H14FN3. The number of fused-ring (bicyclic) bond motifs is 1. The van der Waals surface area contributed by atoms with Crippen molar-refractivity contribution in [3.05, 3.63) is 29.7 Å². The highest BCUT2D eigenvalue weighted by Crippen LogP contribution is 2.29. The van der Waals surface area contributed by atoms with Gasteiger partial charge in [-0.1, -0.05) is 12.1 Å². The minimum Gasteiger partial charge on any atom is -0.316 e. The van der Waals surface area contributed by atoms with Gasteiger partial charge in [0.1, 0.15) is 11.3 Å². The van der Waals surface area contributed by atoms with Crippen LogP contribution < -0.4 is 5.32 Å². The van der Waals surface area contributed by atoms with Crippen molar-refractivity contribution in [3.63, 3.8) is 0 Å². The molecule has 1 aromatic carbocycles. The summed E-state index contributed by atoms with van der Waals surface area (Å²) in [6.07, 6.45) is 1.09. The smallest absolute Gasteiger partial charge is 0.149 e. The molecule has 1 aromatic heterocycles. The van der Waals surface area contributed by atoms with Gasteiger partial charge >= 0.3 is 0 Å². The second-order valence-electron chi connectivity index (χ2n) is 4.33. The molecule has 1 fully saturated rings. The summed E-state index contributed by atoms with van der Waals surface area (Å²) < 4.78 is 15.3. The third-order valence-corrected chi connectivity index (χ3v) is 3.29. The van der Waals surface area contributed by atoms with E-state index >= 15 is 0 Å². The first-order valence-corrected chi connectivity index (χ1v) is 5.59. The van der Waals surface area contributed by atoms with E-state index in [0.29, 0.717) is 11.4 Å². The zero-order valence-electron chi connectivity index (χ0n) is 9.20. The van der Waals surface area contributed by atoms with Crippen LogP contribution in [0.25, 0.3) is 10.9 Å². The predicted octanol–water partition coefficient (Wildman–Crippen LogP) is 1.79. The summed E-state index contributed by atoms with van der Waals surface area (Å²) in [5.74, 6) is 0.232. The molecule has 3 rings (SSSR count). The summed E-state index contributed by atoms with van der Waals surface area (Å²) in [7, 11) is 1.80. The van der Waals surface area contributed by atoms with Gasteiger partial charge in [-0.05, 0) is 19.0 Å². The quantitative estimate of drug-likeness (QED) is 0.792. The molecule has 0 saturated carbocycles. The molecule has 2 heterocycles. The van der Waals surface area contributed by atoms with E-state index in [4.69, 9.17) is 0 Å². The standard InChI is InChI=1S/C12H14FN3/c1-16-12-9(3-2-4-10(12)13)11(15-16)8-5-6-14-7-8/h2-4,8,14H,5-7H2,1H3. The minimum atomic E-state index is -0.190. The van der Waals surface area contributed by atoms with E-state index in [-0.39, 0.29) is 5.82 Å². The Kier molecular flexibility index (Phi) is 2.17. The van der Waals surface area contributed by atoms with Gasteiger partial charge in [-0.2, -0.15) is 5.10 Å². The fourth-order valence-electron chi connectivity index (χ4n) is 2.51. The first kappa shape index (κ1) is 9.78. The van der Waals surface area contributed by atoms with Crippen molar-refractivity contribution >= 4 is 10.9 Å². The molecule has 0 spiro atoms. The first-order valence-electron chi connectivity index (χ1n) is 5.59. The SMILES string of the molecule is Cn1nc(C2CCNC2)c2cccc(F)c21. The molecule has 1 aliphatic rings. The molecule has 0 aliphatic carbocycles. The number of hydrogen-bond acceptors (Lipinski definition) is 2. The summed E-state index contributed by atoms with van der Waals surface area (Å²) in [5.41, 5.74) is 1.64. The molecule has 16 heavy (non-hydrogen) atoms. The van der Waals surface area contributed by atoms with Crippen LogP contribution in [-0.2, 0) is 7.05 Å². The van der Waals surface area contributed by atoms with Crippen molar-refractivity contribution in [3.8, 4) is 0 Å². The van der Waals surface area contributed by atoms with E-state index in [1.165, 1.54) is 6.07 Å². The number of rotatable bonds is 1. The molecular weight excluding hydrogens is 205 g/mol. The number of aromatic nitrogens is 2. The minimum absolute atomic E-state index is 0.190. The van der Waals surface area contributed by atoms with Crippen molar-refractivity contribution in [1.29, 1.82) is 0 Å². The Labute approximate surface area is 93.3 Å². The molecule has 4 heteroatoms. The second-order valence-corrected chi connectivity index (χ2v) is 4.33. The Bertz CT molecular complexity index is 526. The van der Waals surface area contributed by atoms with Crippen molar-refractivity contribution in [2.45, 2.75) is 12.3 Å². The molecule has 1 saturated heterocycles.